The van der Waals surface area contributed by atoms with Crippen LogP contribution in [0.2, 0.25) is 0 Å². The molecular weight excluding hydrogens is 292 g/mol. The lowest BCUT2D eigenvalue weighted by Crippen LogP contribution is -2.55. The summed E-state index contributed by atoms with van der Waals surface area (Å²) < 4.78 is 0.949. The molecule has 1 aromatic carbocycles. The second-order valence-corrected chi connectivity index (χ2v) is 5.50. The average Bonchev–Trinajstić information content (AvgIpc) is 2.35. The van der Waals surface area contributed by atoms with Crippen LogP contribution in [-0.2, 0) is 10.3 Å². The number of nitrogens with two attached hydrogens (primary N) is 1. The van der Waals surface area contributed by atoms with Gasteiger partial charge in [0.15, 0.2) is 0 Å². The molecule has 0 aliphatic rings. The molecule has 0 saturated heterocycles. The third-order valence-corrected chi connectivity index (χ3v) is 3.87. The average molecular weight is 313 g/mol. The molecule has 1 amide bonds. The van der Waals surface area contributed by atoms with Gasteiger partial charge < -0.3 is 5.73 Å². The molecule has 3 nitrogen and oxygen atoms in total. The van der Waals surface area contributed by atoms with Gasteiger partial charge in [-0.15, -0.1) is 0 Å². The molecule has 0 aromatic heterocycles. The molecular formula is C14H21BrN2O. The molecule has 0 bridgehead atoms. The Morgan fingerprint density at radius 2 is 2.17 bits per heavy atom. The maximum absolute atomic E-state index is 12.0. The van der Waals surface area contributed by atoms with Gasteiger partial charge in [-0.2, -0.15) is 0 Å². The van der Waals surface area contributed by atoms with Gasteiger partial charge in [0.2, 0.25) is 5.91 Å². The Morgan fingerprint density at radius 1 is 1.50 bits per heavy atom. The number of nitrogens with one attached hydrogen (secondary N) is 1. The topological polar surface area (TPSA) is 55.1 Å². The molecule has 1 aromatic rings. The van der Waals surface area contributed by atoms with Crippen molar-refractivity contribution in [2.75, 3.05) is 0 Å². The summed E-state index contributed by atoms with van der Waals surface area (Å²) in [4.78, 5) is 12.0. The zero-order valence-corrected chi connectivity index (χ0v) is 12.8. The quantitative estimate of drug-likeness (QED) is 0.848. The predicted molar refractivity (Wildman–Crippen MR) is 78.2 cm³/mol. The Morgan fingerprint density at radius 3 is 2.61 bits per heavy atom. The molecule has 100 valence electrons. The summed E-state index contributed by atoms with van der Waals surface area (Å²) in [6, 6.07) is 7.98. The van der Waals surface area contributed by atoms with Crippen LogP contribution >= 0.6 is 15.9 Å². The van der Waals surface area contributed by atoms with E-state index in [4.69, 9.17) is 5.73 Å². The van der Waals surface area contributed by atoms with Gasteiger partial charge in [-0.3, -0.25) is 10.1 Å². The number of halogens is 1. The Labute approximate surface area is 117 Å². The monoisotopic (exact) mass is 312 g/mol. The van der Waals surface area contributed by atoms with Crippen LogP contribution in [0, 0.1) is 0 Å². The van der Waals surface area contributed by atoms with Crippen molar-refractivity contribution in [3.05, 3.63) is 34.3 Å². The van der Waals surface area contributed by atoms with E-state index >= 15 is 0 Å². The number of benzene rings is 1. The fourth-order valence-corrected chi connectivity index (χ4v) is 2.45. The van der Waals surface area contributed by atoms with Crippen LogP contribution in [0.25, 0.3) is 0 Å². The lowest BCUT2D eigenvalue weighted by atomic mass is 9.85. The third-order valence-electron chi connectivity index (χ3n) is 3.37. The van der Waals surface area contributed by atoms with Crippen molar-refractivity contribution in [1.29, 1.82) is 0 Å². The summed E-state index contributed by atoms with van der Waals surface area (Å²) in [6.45, 7) is 6.12. The number of carbonyl (C=O) groups is 1. The van der Waals surface area contributed by atoms with Crippen LogP contribution in [0.3, 0.4) is 0 Å². The predicted octanol–water partition coefficient (Wildman–Crippen LogP) is 2.93. The lowest BCUT2D eigenvalue weighted by Gasteiger charge is -2.34. The smallest absolute Gasteiger partial charge is 0.242 e. The summed E-state index contributed by atoms with van der Waals surface area (Å²) in [6.07, 6.45) is 1.58. The van der Waals surface area contributed by atoms with Gasteiger partial charge in [-0.25, -0.2) is 0 Å². The first kappa shape index (κ1) is 15.2. The number of carbonyl (C=O) groups excluding carboxylic acids is 1. The van der Waals surface area contributed by atoms with Gasteiger partial charge in [-0.1, -0.05) is 41.9 Å². The minimum Gasteiger partial charge on any atom is -0.368 e. The van der Waals surface area contributed by atoms with Gasteiger partial charge in [0.25, 0.3) is 0 Å². The normalized spacial score (nSPS) is 16.0. The summed E-state index contributed by atoms with van der Waals surface area (Å²) in [5, 5.41) is 3.38. The highest BCUT2D eigenvalue weighted by atomic mass is 79.9. The zero-order chi connectivity index (χ0) is 13.8. The second-order valence-electron chi connectivity index (χ2n) is 4.59. The molecule has 3 N–H and O–H groups in total. The van der Waals surface area contributed by atoms with Crippen LogP contribution in [0.15, 0.2) is 28.7 Å². The van der Waals surface area contributed by atoms with Gasteiger partial charge in [-0.05, 0) is 37.5 Å². The van der Waals surface area contributed by atoms with Crippen molar-refractivity contribution < 1.29 is 4.79 Å². The fraction of sp³-hybridized carbons (Fsp3) is 0.500. The number of amides is 1. The minimum atomic E-state index is -0.792. The third kappa shape index (κ3) is 3.12. The van der Waals surface area contributed by atoms with Crippen molar-refractivity contribution in [2.45, 2.75) is 45.2 Å². The molecule has 1 rings (SSSR count). The van der Waals surface area contributed by atoms with Crippen molar-refractivity contribution >= 4 is 21.8 Å². The minimum absolute atomic E-state index is 0.233. The van der Waals surface area contributed by atoms with Gasteiger partial charge in [0.05, 0.1) is 0 Å². The molecule has 2 unspecified atom stereocenters. The number of rotatable bonds is 6. The molecule has 0 heterocycles. The maximum atomic E-state index is 12.0. The molecule has 0 aliphatic heterocycles. The highest BCUT2D eigenvalue weighted by Gasteiger charge is 2.37. The number of hydrogen-bond acceptors (Lipinski definition) is 2. The first-order valence-electron chi connectivity index (χ1n) is 6.30. The summed E-state index contributed by atoms with van der Waals surface area (Å²) in [5.41, 5.74) is 5.77. The Hall–Kier alpha value is -0.870. The molecule has 0 spiro atoms. The molecule has 0 saturated carbocycles. The summed E-state index contributed by atoms with van der Waals surface area (Å²) in [5.74, 6) is -0.330. The summed E-state index contributed by atoms with van der Waals surface area (Å²) >= 11 is 3.44. The van der Waals surface area contributed by atoms with E-state index in [1.54, 1.807) is 0 Å². The maximum Gasteiger partial charge on any atom is 0.242 e. The van der Waals surface area contributed by atoms with E-state index in [1.165, 1.54) is 0 Å². The van der Waals surface area contributed by atoms with Crippen molar-refractivity contribution in [1.82, 2.24) is 5.32 Å². The molecule has 2 atom stereocenters. The molecule has 0 radical (unpaired) electrons. The van der Waals surface area contributed by atoms with Crippen molar-refractivity contribution in [3.8, 4) is 0 Å². The molecule has 0 aliphatic carbocycles. The fourth-order valence-electron chi connectivity index (χ4n) is 2.05. The second kappa shape index (κ2) is 6.34. The van der Waals surface area contributed by atoms with Gasteiger partial charge >= 0.3 is 0 Å². The van der Waals surface area contributed by atoms with Crippen LogP contribution in [0.5, 0.6) is 0 Å². The highest BCUT2D eigenvalue weighted by Crippen LogP contribution is 2.28. The number of hydrogen-bond donors (Lipinski definition) is 2. The largest absolute Gasteiger partial charge is 0.368 e. The summed E-state index contributed by atoms with van der Waals surface area (Å²) in [7, 11) is 0. The zero-order valence-electron chi connectivity index (χ0n) is 11.2. The van der Waals surface area contributed by atoms with Crippen LogP contribution in [0.1, 0.15) is 39.2 Å². The van der Waals surface area contributed by atoms with Crippen molar-refractivity contribution in [3.63, 3.8) is 0 Å². The van der Waals surface area contributed by atoms with Crippen LogP contribution in [0.4, 0.5) is 0 Å². The lowest BCUT2D eigenvalue weighted by molar-refractivity contribution is -0.125. The van der Waals surface area contributed by atoms with Crippen LogP contribution < -0.4 is 11.1 Å². The standard InChI is InChI=1S/C14H21BrN2O/c1-4-10(3)17-14(5-2,13(16)18)11-7-6-8-12(15)9-11/h6-10,17H,4-5H2,1-3H3,(H2,16,18). The van der Waals surface area contributed by atoms with E-state index in [0.29, 0.717) is 6.42 Å². The molecule has 0 fully saturated rings. The van der Waals surface area contributed by atoms with E-state index in [9.17, 15) is 4.79 Å². The van der Waals surface area contributed by atoms with E-state index in [-0.39, 0.29) is 11.9 Å². The molecule has 4 heteroatoms. The Bertz CT molecular complexity index is 422. The Balaban J connectivity index is 3.22. The van der Waals surface area contributed by atoms with E-state index in [1.807, 2.05) is 31.2 Å². The van der Waals surface area contributed by atoms with Gasteiger partial charge in [0, 0.05) is 10.5 Å². The van der Waals surface area contributed by atoms with E-state index < -0.39 is 5.54 Å². The van der Waals surface area contributed by atoms with Crippen LogP contribution in [-0.4, -0.2) is 11.9 Å². The first-order chi connectivity index (χ1) is 8.46. The first-order valence-corrected chi connectivity index (χ1v) is 7.09. The van der Waals surface area contributed by atoms with E-state index in [0.717, 1.165) is 16.5 Å². The Kier molecular flexibility index (Phi) is 5.35. The molecule has 18 heavy (non-hydrogen) atoms. The van der Waals surface area contributed by atoms with Crippen molar-refractivity contribution in [2.24, 2.45) is 5.73 Å². The van der Waals surface area contributed by atoms with Gasteiger partial charge in [0.1, 0.15) is 5.54 Å². The van der Waals surface area contributed by atoms with E-state index in [2.05, 4.69) is 35.1 Å². The highest BCUT2D eigenvalue weighted by molar-refractivity contribution is 9.10. The SMILES string of the molecule is CCC(C)NC(CC)(C(N)=O)c1cccc(Br)c1. The number of primary amides is 1.